The van der Waals surface area contributed by atoms with Crippen molar-refractivity contribution in [3.63, 3.8) is 0 Å². The van der Waals surface area contributed by atoms with Crippen molar-refractivity contribution in [2.75, 3.05) is 20.2 Å². The summed E-state index contributed by atoms with van der Waals surface area (Å²) >= 11 is 0. The lowest BCUT2D eigenvalue weighted by Gasteiger charge is -2.32. The highest BCUT2D eigenvalue weighted by molar-refractivity contribution is 5.85. The Morgan fingerprint density at radius 3 is 2.69 bits per heavy atom. The number of rotatable bonds is 5. The number of aromatic nitrogens is 1. The van der Waals surface area contributed by atoms with Gasteiger partial charge in [-0.3, -0.25) is 4.90 Å². The molecule has 1 saturated heterocycles. The number of ether oxygens (including phenoxy) is 2. The van der Waals surface area contributed by atoms with E-state index in [0.29, 0.717) is 28.9 Å². The third-order valence-corrected chi connectivity index (χ3v) is 5.40. The van der Waals surface area contributed by atoms with Crippen molar-refractivity contribution in [2.45, 2.75) is 32.4 Å². The van der Waals surface area contributed by atoms with Gasteiger partial charge in [-0.1, -0.05) is 12.1 Å². The van der Waals surface area contributed by atoms with E-state index in [1.807, 2.05) is 31.2 Å². The average molecular weight is 396 g/mol. The van der Waals surface area contributed by atoms with E-state index in [0.717, 1.165) is 37.2 Å². The van der Waals surface area contributed by atoms with E-state index >= 15 is 0 Å². The molecule has 2 aromatic carbocycles. The standard InChI is InChI=1S/C23H25FN2O3/c1-15-12-22(19-4-3-5-20(24)23(19)25-15)29-17-8-10-26(11-9-17)14-16-6-7-18(28-2)13-21(16)27/h3-7,12-13,17,27H,8-11,14H2,1-2H3. The Balaban J connectivity index is 1.41. The van der Waals surface area contributed by atoms with Gasteiger partial charge in [-0.05, 0) is 38.0 Å². The van der Waals surface area contributed by atoms with Crippen LogP contribution in [0.5, 0.6) is 17.2 Å². The van der Waals surface area contributed by atoms with Gasteiger partial charge in [0, 0.05) is 48.4 Å². The first-order valence-corrected chi connectivity index (χ1v) is 9.84. The number of benzene rings is 2. The monoisotopic (exact) mass is 396 g/mol. The summed E-state index contributed by atoms with van der Waals surface area (Å²) in [5.74, 6) is 1.27. The van der Waals surface area contributed by atoms with Gasteiger partial charge in [0.1, 0.15) is 34.7 Å². The second-order valence-corrected chi connectivity index (χ2v) is 7.49. The molecule has 0 bridgehead atoms. The molecule has 0 radical (unpaired) electrons. The number of piperidine rings is 1. The van der Waals surface area contributed by atoms with Gasteiger partial charge < -0.3 is 14.6 Å². The highest BCUT2D eigenvalue weighted by Crippen LogP contribution is 2.30. The first-order valence-electron chi connectivity index (χ1n) is 9.84. The average Bonchev–Trinajstić information content (AvgIpc) is 2.71. The fourth-order valence-corrected chi connectivity index (χ4v) is 3.81. The van der Waals surface area contributed by atoms with E-state index in [-0.39, 0.29) is 17.7 Å². The summed E-state index contributed by atoms with van der Waals surface area (Å²) in [5.41, 5.74) is 1.98. The number of fused-ring (bicyclic) bond motifs is 1. The predicted molar refractivity (Wildman–Crippen MR) is 110 cm³/mol. The molecular formula is C23H25FN2O3. The van der Waals surface area contributed by atoms with Crippen LogP contribution >= 0.6 is 0 Å². The van der Waals surface area contributed by atoms with Gasteiger partial charge in [0.2, 0.25) is 0 Å². The maximum atomic E-state index is 14.1. The second-order valence-electron chi connectivity index (χ2n) is 7.49. The molecule has 1 aromatic heterocycles. The molecule has 0 unspecified atom stereocenters. The van der Waals surface area contributed by atoms with Crippen LogP contribution in [0.15, 0.2) is 42.5 Å². The summed E-state index contributed by atoms with van der Waals surface area (Å²) in [4.78, 5) is 6.62. The SMILES string of the molecule is COc1ccc(CN2CCC(Oc3cc(C)nc4c(F)cccc34)CC2)c(O)c1. The lowest BCUT2D eigenvalue weighted by Crippen LogP contribution is -2.37. The van der Waals surface area contributed by atoms with Crippen molar-refractivity contribution in [3.8, 4) is 17.2 Å². The van der Waals surface area contributed by atoms with Crippen molar-refractivity contribution in [1.82, 2.24) is 9.88 Å². The molecule has 0 saturated carbocycles. The van der Waals surface area contributed by atoms with Crippen LogP contribution < -0.4 is 9.47 Å². The Kier molecular flexibility index (Phi) is 5.53. The summed E-state index contributed by atoms with van der Waals surface area (Å²) in [5, 5.41) is 10.9. The molecule has 1 aliphatic heterocycles. The number of aryl methyl sites for hydroxylation is 1. The first kappa shape index (κ1) is 19.5. The summed E-state index contributed by atoms with van der Waals surface area (Å²) in [6.07, 6.45) is 1.81. The van der Waals surface area contributed by atoms with Crippen LogP contribution in [0.25, 0.3) is 10.9 Å². The van der Waals surface area contributed by atoms with Gasteiger partial charge >= 0.3 is 0 Å². The Morgan fingerprint density at radius 2 is 1.97 bits per heavy atom. The van der Waals surface area contributed by atoms with Crippen LogP contribution in [0.1, 0.15) is 24.1 Å². The topological polar surface area (TPSA) is 54.8 Å². The fraction of sp³-hybridized carbons (Fsp3) is 0.348. The third kappa shape index (κ3) is 4.27. The molecule has 1 fully saturated rings. The number of nitrogens with zero attached hydrogens (tertiary/aromatic N) is 2. The Hall–Kier alpha value is -2.86. The zero-order valence-corrected chi connectivity index (χ0v) is 16.7. The number of phenols is 1. The lowest BCUT2D eigenvalue weighted by atomic mass is 10.1. The first-order chi connectivity index (χ1) is 14.0. The number of pyridine rings is 1. The van der Waals surface area contributed by atoms with Gasteiger partial charge in [0.05, 0.1) is 7.11 Å². The number of hydrogen-bond acceptors (Lipinski definition) is 5. The molecule has 3 aromatic rings. The van der Waals surface area contributed by atoms with Gasteiger partial charge in [-0.2, -0.15) is 0 Å². The minimum absolute atomic E-state index is 0.0731. The zero-order chi connectivity index (χ0) is 20.4. The summed E-state index contributed by atoms with van der Waals surface area (Å²) in [6, 6.07) is 12.2. The highest BCUT2D eigenvalue weighted by atomic mass is 19.1. The molecule has 152 valence electrons. The summed E-state index contributed by atoms with van der Waals surface area (Å²) in [6.45, 7) is 4.27. The van der Waals surface area contributed by atoms with Crippen molar-refractivity contribution in [3.05, 3.63) is 59.5 Å². The predicted octanol–water partition coefficient (Wildman–Crippen LogP) is 4.44. The molecule has 6 heteroatoms. The molecule has 1 aliphatic rings. The van der Waals surface area contributed by atoms with E-state index < -0.39 is 0 Å². The van der Waals surface area contributed by atoms with Crippen LogP contribution in [0.4, 0.5) is 4.39 Å². The molecule has 2 heterocycles. The van der Waals surface area contributed by atoms with E-state index in [1.165, 1.54) is 6.07 Å². The quantitative estimate of drug-likeness (QED) is 0.691. The second kappa shape index (κ2) is 8.25. The number of phenolic OH excluding ortho intramolecular Hbond substituents is 1. The maximum Gasteiger partial charge on any atom is 0.149 e. The summed E-state index contributed by atoms with van der Waals surface area (Å²) < 4.78 is 25.5. The number of hydrogen-bond donors (Lipinski definition) is 1. The molecule has 0 spiro atoms. The number of para-hydroxylation sites is 1. The largest absolute Gasteiger partial charge is 0.507 e. The van der Waals surface area contributed by atoms with Crippen molar-refractivity contribution in [2.24, 2.45) is 0 Å². The van der Waals surface area contributed by atoms with Crippen molar-refractivity contribution >= 4 is 10.9 Å². The number of halogens is 1. The van der Waals surface area contributed by atoms with Gasteiger partial charge in [-0.25, -0.2) is 9.37 Å². The highest BCUT2D eigenvalue weighted by Gasteiger charge is 2.22. The van der Waals surface area contributed by atoms with Gasteiger partial charge in [-0.15, -0.1) is 0 Å². The van der Waals surface area contributed by atoms with Crippen LogP contribution in [-0.2, 0) is 6.54 Å². The fourth-order valence-electron chi connectivity index (χ4n) is 3.81. The van der Waals surface area contributed by atoms with Gasteiger partial charge in [0.15, 0.2) is 0 Å². The molecule has 0 aliphatic carbocycles. The molecule has 1 N–H and O–H groups in total. The Morgan fingerprint density at radius 1 is 1.17 bits per heavy atom. The van der Waals surface area contributed by atoms with Crippen LogP contribution in [-0.4, -0.2) is 41.3 Å². The lowest BCUT2D eigenvalue weighted by molar-refractivity contribution is 0.0974. The van der Waals surface area contributed by atoms with Crippen LogP contribution in [0.2, 0.25) is 0 Å². The number of likely N-dealkylation sites (tertiary alicyclic amines) is 1. The molecule has 29 heavy (non-hydrogen) atoms. The van der Waals surface area contributed by atoms with E-state index in [1.54, 1.807) is 19.2 Å². The normalized spacial score (nSPS) is 15.6. The molecule has 4 rings (SSSR count). The summed E-state index contributed by atoms with van der Waals surface area (Å²) in [7, 11) is 1.58. The number of aromatic hydroxyl groups is 1. The Labute approximate surface area is 169 Å². The van der Waals surface area contributed by atoms with E-state index in [9.17, 15) is 9.50 Å². The minimum atomic E-state index is -0.329. The van der Waals surface area contributed by atoms with Gasteiger partial charge in [0.25, 0.3) is 0 Å². The minimum Gasteiger partial charge on any atom is -0.507 e. The number of methoxy groups -OCH3 is 1. The van der Waals surface area contributed by atoms with Crippen LogP contribution in [0, 0.1) is 12.7 Å². The van der Waals surface area contributed by atoms with Crippen molar-refractivity contribution < 1.29 is 19.0 Å². The Bertz CT molecular complexity index is 1020. The molecule has 5 nitrogen and oxygen atoms in total. The molecule has 0 amide bonds. The van der Waals surface area contributed by atoms with Crippen molar-refractivity contribution in [1.29, 1.82) is 0 Å². The molecular weight excluding hydrogens is 371 g/mol. The zero-order valence-electron chi connectivity index (χ0n) is 16.7. The molecule has 0 atom stereocenters. The van der Waals surface area contributed by atoms with E-state index in [2.05, 4.69) is 9.88 Å². The smallest absolute Gasteiger partial charge is 0.149 e. The van der Waals surface area contributed by atoms with Crippen LogP contribution in [0.3, 0.4) is 0 Å². The van der Waals surface area contributed by atoms with E-state index in [4.69, 9.17) is 9.47 Å². The third-order valence-electron chi connectivity index (χ3n) is 5.40. The maximum absolute atomic E-state index is 14.1.